The summed E-state index contributed by atoms with van der Waals surface area (Å²) in [5, 5.41) is 12.6. The van der Waals surface area contributed by atoms with E-state index in [4.69, 9.17) is 0 Å². The normalized spacial score (nSPS) is 17.3. The van der Waals surface area contributed by atoms with Gasteiger partial charge in [0.05, 0.1) is 5.41 Å². The molecule has 2 rings (SSSR count). The monoisotopic (exact) mass is 317 g/mol. The third kappa shape index (κ3) is 4.12. The molecule has 0 spiro atoms. The van der Waals surface area contributed by atoms with Gasteiger partial charge < -0.3 is 10.4 Å². The third-order valence-electron chi connectivity index (χ3n) is 4.95. The highest BCUT2D eigenvalue weighted by Gasteiger charge is 2.40. The first kappa shape index (κ1) is 17.5. The van der Waals surface area contributed by atoms with Crippen LogP contribution in [0, 0.1) is 26.2 Å². The molecule has 23 heavy (non-hydrogen) atoms. The number of carbonyl (C=O) groups is 2. The number of aliphatic carboxylic acids is 1. The summed E-state index contributed by atoms with van der Waals surface area (Å²) in [5.41, 5.74) is 3.10. The number of carboxylic acids is 1. The number of hydrogen-bond acceptors (Lipinski definition) is 2. The summed E-state index contributed by atoms with van der Waals surface area (Å²) in [5.74, 6) is -1.02. The third-order valence-corrected chi connectivity index (χ3v) is 4.95. The lowest BCUT2D eigenvalue weighted by Gasteiger charge is -2.27. The first-order valence-corrected chi connectivity index (χ1v) is 8.45. The molecule has 0 heterocycles. The van der Waals surface area contributed by atoms with Crippen molar-refractivity contribution in [3.8, 4) is 0 Å². The molecule has 1 aromatic carbocycles. The van der Waals surface area contributed by atoms with E-state index in [1.54, 1.807) is 0 Å². The Kier molecular flexibility index (Phi) is 5.45. The fourth-order valence-electron chi connectivity index (χ4n) is 3.74. The fraction of sp³-hybridized carbons (Fsp3) is 0.579. The van der Waals surface area contributed by atoms with E-state index in [2.05, 4.69) is 5.32 Å². The summed E-state index contributed by atoms with van der Waals surface area (Å²) in [6.45, 7) is 5.96. The molecule has 126 valence electrons. The molecule has 1 aromatic rings. The molecular weight excluding hydrogens is 290 g/mol. The number of nitrogens with one attached hydrogen (secondary N) is 1. The lowest BCUT2D eigenvalue weighted by atomic mass is 9.77. The number of rotatable bonds is 4. The topological polar surface area (TPSA) is 66.4 Å². The number of anilines is 1. The maximum atomic E-state index is 12.5. The van der Waals surface area contributed by atoms with E-state index < -0.39 is 11.4 Å². The zero-order chi connectivity index (χ0) is 17.0. The van der Waals surface area contributed by atoms with Crippen molar-refractivity contribution in [2.24, 2.45) is 5.41 Å². The standard InChI is InChI=1S/C19H27NO3/c1-13-10-14(2)17(15(3)11-13)20-16(21)12-19(18(22)23)8-6-4-5-7-9-19/h10-11H,4-9,12H2,1-3H3,(H,20,21)(H,22,23). The minimum Gasteiger partial charge on any atom is -0.481 e. The van der Waals surface area contributed by atoms with Crippen LogP contribution >= 0.6 is 0 Å². The van der Waals surface area contributed by atoms with E-state index in [9.17, 15) is 14.7 Å². The van der Waals surface area contributed by atoms with Crippen molar-refractivity contribution in [2.45, 2.75) is 65.7 Å². The van der Waals surface area contributed by atoms with Crippen LogP contribution in [0.15, 0.2) is 12.1 Å². The lowest BCUT2D eigenvalue weighted by Crippen LogP contribution is -2.35. The number of benzene rings is 1. The Hall–Kier alpha value is -1.84. The first-order valence-electron chi connectivity index (χ1n) is 8.45. The van der Waals surface area contributed by atoms with Crippen LogP contribution in [0.2, 0.25) is 0 Å². The Morgan fingerprint density at radius 2 is 1.57 bits per heavy atom. The Bertz CT molecular complexity index is 576. The van der Waals surface area contributed by atoms with Crippen molar-refractivity contribution in [3.05, 3.63) is 28.8 Å². The van der Waals surface area contributed by atoms with Gasteiger partial charge in [-0.2, -0.15) is 0 Å². The molecule has 4 heteroatoms. The summed E-state index contributed by atoms with van der Waals surface area (Å²) in [6.07, 6.45) is 5.17. The molecule has 0 aliphatic heterocycles. The summed E-state index contributed by atoms with van der Waals surface area (Å²) in [4.78, 5) is 24.3. The van der Waals surface area contributed by atoms with Gasteiger partial charge in [0.25, 0.3) is 0 Å². The number of hydrogen-bond donors (Lipinski definition) is 2. The van der Waals surface area contributed by atoms with Crippen LogP contribution in [0.3, 0.4) is 0 Å². The Morgan fingerprint density at radius 1 is 1.04 bits per heavy atom. The average Bonchev–Trinajstić information content (AvgIpc) is 2.69. The molecule has 1 saturated carbocycles. The SMILES string of the molecule is Cc1cc(C)c(NC(=O)CC2(C(=O)O)CCCCCC2)c(C)c1. The predicted molar refractivity (Wildman–Crippen MR) is 91.7 cm³/mol. The number of carboxylic acid groups (broad SMARTS) is 1. The Morgan fingerprint density at radius 3 is 2.04 bits per heavy atom. The molecule has 2 N–H and O–H groups in total. The van der Waals surface area contributed by atoms with E-state index in [0.717, 1.165) is 48.1 Å². The van der Waals surface area contributed by atoms with Crippen molar-refractivity contribution in [3.63, 3.8) is 0 Å². The molecule has 1 aliphatic rings. The second-order valence-corrected chi connectivity index (χ2v) is 7.00. The Balaban J connectivity index is 2.15. The number of carbonyl (C=O) groups excluding carboxylic acids is 1. The summed E-state index contributed by atoms with van der Waals surface area (Å²) in [6, 6.07) is 4.06. The van der Waals surface area contributed by atoms with Crippen molar-refractivity contribution >= 4 is 17.6 Å². The minimum absolute atomic E-state index is 0.0646. The molecular formula is C19H27NO3. The van der Waals surface area contributed by atoms with Gasteiger partial charge in [-0.1, -0.05) is 43.4 Å². The van der Waals surface area contributed by atoms with Gasteiger partial charge in [0.1, 0.15) is 0 Å². The van der Waals surface area contributed by atoms with Gasteiger partial charge in [0.15, 0.2) is 0 Å². The highest BCUT2D eigenvalue weighted by atomic mass is 16.4. The second kappa shape index (κ2) is 7.16. The number of amides is 1. The van der Waals surface area contributed by atoms with E-state index in [1.807, 2.05) is 32.9 Å². The van der Waals surface area contributed by atoms with Gasteiger partial charge in [-0.15, -0.1) is 0 Å². The van der Waals surface area contributed by atoms with Crippen LogP contribution in [-0.2, 0) is 9.59 Å². The molecule has 0 aromatic heterocycles. The predicted octanol–water partition coefficient (Wildman–Crippen LogP) is 4.37. The zero-order valence-corrected chi connectivity index (χ0v) is 14.4. The molecule has 0 bridgehead atoms. The largest absolute Gasteiger partial charge is 0.481 e. The van der Waals surface area contributed by atoms with E-state index in [0.29, 0.717) is 12.8 Å². The molecule has 0 atom stereocenters. The minimum atomic E-state index is -0.896. The molecule has 1 amide bonds. The molecule has 1 aliphatic carbocycles. The van der Waals surface area contributed by atoms with E-state index in [-0.39, 0.29) is 12.3 Å². The maximum absolute atomic E-state index is 12.5. The van der Waals surface area contributed by atoms with Gasteiger partial charge in [-0.05, 0) is 44.7 Å². The summed E-state index contributed by atoms with van der Waals surface area (Å²) >= 11 is 0. The zero-order valence-electron chi connectivity index (χ0n) is 14.4. The van der Waals surface area contributed by atoms with Gasteiger partial charge in [-0.25, -0.2) is 0 Å². The van der Waals surface area contributed by atoms with Gasteiger partial charge in [-0.3, -0.25) is 9.59 Å². The summed E-state index contributed by atoms with van der Waals surface area (Å²) in [7, 11) is 0. The average molecular weight is 317 g/mol. The van der Waals surface area contributed by atoms with Gasteiger partial charge >= 0.3 is 5.97 Å². The van der Waals surface area contributed by atoms with E-state index in [1.165, 1.54) is 0 Å². The van der Waals surface area contributed by atoms with Crippen LogP contribution in [0.1, 0.15) is 61.6 Å². The van der Waals surface area contributed by atoms with Crippen LogP contribution in [0.5, 0.6) is 0 Å². The fourth-order valence-corrected chi connectivity index (χ4v) is 3.74. The van der Waals surface area contributed by atoms with Crippen LogP contribution in [-0.4, -0.2) is 17.0 Å². The van der Waals surface area contributed by atoms with Crippen molar-refractivity contribution in [1.82, 2.24) is 0 Å². The van der Waals surface area contributed by atoms with Crippen LogP contribution in [0.25, 0.3) is 0 Å². The van der Waals surface area contributed by atoms with Gasteiger partial charge in [0.2, 0.25) is 5.91 Å². The molecule has 0 saturated heterocycles. The molecule has 1 fully saturated rings. The van der Waals surface area contributed by atoms with Crippen LogP contribution < -0.4 is 5.32 Å². The smallest absolute Gasteiger partial charge is 0.310 e. The lowest BCUT2D eigenvalue weighted by molar-refractivity contribution is -0.152. The first-order chi connectivity index (χ1) is 10.8. The summed E-state index contributed by atoms with van der Waals surface area (Å²) < 4.78 is 0. The molecule has 4 nitrogen and oxygen atoms in total. The molecule has 0 radical (unpaired) electrons. The van der Waals surface area contributed by atoms with Crippen molar-refractivity contribution < 1.29 is 14.7 Å². The van der Waals surface area contributed by atoms with E-state index >= 15 is 0 Å². The van der Waals surface area contributed by atoms with Gasteiger partial charge in [0, 0.05) is 12.1 Å². The Labute approximate surface area is 138 Å². The van der Waals surface area contributed by atoms with Crippen LogP contribution in [0.4, 0.5) is 5.69 Å². The van der Waals surface area contributed by atoms with Crippen molar-refractivity contribution in [2.75, 3.05) is 5.32 Å². The van der Waals surface area contributed by atoms with Crippen molar-refractivity contribution in [1.29, 1.82) is 0 Å². The number of aryl methyl sites for hydroxylation is 3. The highest BCUT2D eigenvalue weighted by molar-refractivity contribution is 5.95. The highest BCUT2D eigenvalue weighted by Crippen LogP contribution is 2.39. The molecule has 0 unspecified atom stereocenters. The maximum Gasteiger partial charge on any atom is 0.310 e. The second-order valence-electron chi connectivity index (χ2n) is 7.00. The quantitative estimate of drug-likeness (QED) is 0.811.